The molecule has 0 aromatic heterocycles. The van der Waals surface area contributed by atoms with Gasteiger partial charge in [-0.15, -0.1) is 0 Å². The highest BCUT2D eigenvalue weighted by atomic mass is 32.2. The number of hydrogen-bond acceptors (Lipinski definition) is 4. The standard InChI is InChI=1S/C15H22N2O3S/c18-21(19,17-10-12-20-13-11-17)15-6-4-14(5-7-15)16-8-2-1-3-9-16/h4-7H,1-3,8-13H2. The van der Waals surface area contributed by atoms with Crippen LogP contribution in [0.25, 0.3) is 0 Å². The van der Waals surface area contributed by atoms with Crippen molar-refractivity contribution in [1.82, 2.24) is 4.31 Å². The monoisotopic (exact) mass is 310 g/mol. The molecule has 116 valence electrons. The van der Waals surface area contributed by atoms with Crippen LogP contribution in [0.2, 0.25) is 0 Å². The molecule has 0 N–H and O–H groups in total. The molecule has 0 spiro atoms. The van der Waals surface area contributed by atoms with E-state index in [0.29, 0.717) is 31.2 Å². The Morgan fingerprint density at radius 1 is 0.857 bits per heavy atom. The average Bonchev–Trinajstić information content (AvgIpc) is 2.57. The van der Waals surface area contributed by atoms with Crippen LogP contribution in [0.1, 0.15) is 19.3 Å². The first-order valence-corrected chi connectivity index (χ1v) is 9.05. The maximum Gasteiger partial charge on any atom is 0.243 e. The van der Waals surface area contributed by atoms with Crippen molar-refractivity contribution in [3.05, 3.63) is 24.3 Å². The van der Waals surface area contributed by atoms with Crippen molar-refractivity contribution in [1.29, 1.82) is 0 Å². The van der Waals surface area contributed by atoms with Crippen LogP contribution in [-0.4, -0.2) is 52.1 Å². The number of ether oxygens (including phenoxy) is 1. The summed E-state index contributed by atoms with van der Waals surface area (Å²) in [5.41, 5.74) is 1.12. The molecule has 6 heteroatoms. The number of nitrogens with zero attached hydrogens (tertiary/aromatic N) is 2. The van der Waals surface area contributed by atoms with E-state index in [1.165, 1.54) is 23.6 Å². The topological polar surface area (TPSA) is 49.9 Å². The molecule has 3 rings (SSSR count). The predicted molar refractivity (Wildman–Crippen MR) is 82.1 cm³/mol. The number of benzene rings is 1. The predicted octanol–water partition coefficient (Wildman–Crippen LogP) is 1.70. The molecule has 0 bridgehead atoms. The van der Waals surface area contributed by atoms with Crippen LogP contribution in [-0.2, 0) is 14.8 Å². The lowest BCUT2D eigenvalue weighted by atomic mass is 10.1. The molecule has 5 nitrogen and oxygen atoms in total. The van der Waals surface area contributed by atoms with Crippen LogP contribution < -0.4 is 4.90 Å². The number of anilines is 1. The SMILES string of the molecule is O=S(=O)(c1ccc(N2CCCCC2)cc1)N1CCOCC1. The van der Waals surface area contributed by atoms with Crippen LogP contribution in [0.5, 0.6) is 0 Å². The zero-order valence-electron chi connectivity index (χ0n) is 12.2. The van der Waals surface area contributed by atoms with E-state index < -0.39 is 10.0 Å². The van der Waals surface area contributed by atoms with E-state index >= 15 is 0 Å². The van der Waals surface area contributed by atoms with Crippen molar-refractivity contribution in [2.75, 3.05) is 44.3 Å². The minimum absolute atomic E-state index is 0.380. The molecule has 1 aromatic carbocycles. The van der Waals surface area contributed by atoms with E-state index in [0.717, 1.165) is 18.8 Å². The zero-order valence-corrected chi connectivity index (χ0v) is 13.0. The largest absolute Gasteiger partial charge is 0.379 e. The van der Waals surface area contributed by atoms with E-state index in [2.05, 4.69) is 4.90 Å². The molecule has 2 aliphatic rings. The van der Waals surface area contributed by atoms with Crippen molar-refractivity contribution in [2.45, 2.75) is 24.2 Å². The Bertz CT molecular complexity index is 559. The molecule has 0 unspecified atom stereocenters. The zero-order chi connectivity index (χ0) is 14.7. The first-order chi connectivity index (χ1) is 10.2. The van der Waals surface area contributed by atoms with Gasteiger partial charge in [0.2, 0.25) is 10.0 Å². The third-order valence-electron chi connectivity index (χ3n) is 4.17. The first kappa shape index (κ1) is 14.8. The van der Waals surface area contributed by atoms with Gasteiger partial charge in [-0.2, -0.15) is 4.31 Å². The summed E-state index contributed by atoms with van der Waals surface area (Å²) >= 11 is 0. The van der Waals surface area contributed by atoms with Crippen LogP contribution >= 0.6 is 0 Å². The van der Waals surface area contributed by atoms with Gasteiger partial charge in [-0.3, -0.25) is 0 Å². The molecule has 2 fully saturated rings. The highest BCUT2D eigenvalue weighted by molar-refractivity contribution is 7.89. The molecule has 1 aromatic rings. The third kappa shape index (κ3) is 3.22. The smallest absolute Gasteiger partial charge is 0.243 e. The van der Waals surface area contributed by atoms with E-state index in [9.17, 15) is 8.42 Å². The number of rotatable bonds is 3. The van der Waals surface area contributed by atoms with Gasteiger partial charge in [0.05, 0.1) is 18.1 Å². The molecule has 2 heterocycles. The molecule has 21 heavy (non-hydrogen) atoms. The Morgan fingerprint density at radius 2 is 1.48 bits per heavy atom. The second-order valence-electron chi connectivity index (χ2n) is 5.56. The summed E-state index contributed by atoms with van der Waals surface area (Å²) in [5.74, 6) is 0. The quantitative estimate of drug-likeness (QED) is 0.852. The maximum absolute atomic E-state index is 12.5. The summed E-state index contributed by atoms with van der Waals surface area (Å²) in [6.45, 7) is 3.97. The first-order valence-electron chi connectivity index (χ1n) is 7.61. The summed E-state index contributed by atoms with van der Waals surface area (Å²) in [7, 11) is -3.37. The van der Waals surface area contributed by atoms with Crippen LogP contribution in [0.15, 0.2) is 29.2 Å². The fraction of sp³-hybridized carbons (Fsp3) is 0.600. The third-order valence-corrected chi connectivity index (χ3v) is 6.08. The number of morpholine rings is 1. The highest BCUT2D eigenvalue weighted by Gasteiger charge is 2.26. The lowest BCUT2D eigenvalue weighted by Crippen LogP contribution is -2.40. The second-order valence-corrected chi connectivity index (χ2v) is 7.50. The summed E-state index contributed by atoms with van der Waals surface area (Å²) in [5, 5.41) is 0. The molecule has 0 radical (unpaired) electrons. The van der Waals surface area contributed by atoms with E-state index in [1.54, 1.807) is 12.1 Å². The van der Waals surface area contributed by atoms with Gasteiger partial charge in [-0.05, 0) is 43.5 Å². The van der Waals surface area contributed by atoms with Gasteiger partial charge in [-0.1, -0.05) is 0 Å². The summed E-state index contributed by atoms with van der Waals surface area (Å²) < 4.78 is 31.8. The Labute approximate surface area is 126 Å². The lowest BCUT2D eigenvalue weighted by molar-refractivity contribution is 0.0730. The average molecular weight is 310 g/mol. The van der Waals surface area contributed by atoms with Crippen LogP contribution in [0, 0.1) is 0 Å². The number of hydrogen-bond donors (Lipinski definition) is 0. The van der Waals surface area contributed by atoms with Gasteiger partial charge in [0.15, 0.2) is 0 Å². The Hall–Kier alpha value is -1.11. The van der Waals surface area contributed by atoms with Crippen molar-refractivity contribution >= 4 is 15.7 Å². The van der Waals surface area contributed by atoms with Gasteiger partial charge in [0, 0.05) is 31.9 Å². The Morgan fingerprint density at radius 3 is 2.10 bits per heavy atom. The summed E-state index contributed by atoms with van der Waals surface area (Å²) in [6, 6.07) is 7.32. The highest BCUT2D eigenvalue weighted by Crippen LogP contribution is 2.23. The minimum Gasteiger partial charge on any atom is -0.379 e. The van der Waals surface area contributed by atoms with Crippen molar-refractivity contribution in [2.24, 2.45) is 0 Å². The molecule has 2 saturated heterocycles. The second kappa shape index (κ2) is 6.34. The molecule has 0 amide bonds. The van der Waals surface area contributed by atoms with Gasteiger partial charge >= 0.3 is 0 Å². The Kier molecular flexibility index (Phi) is 4.47. The summed E-state index contributed by atoms with van der Waals surface area (Å²) in [4.78, 5) is 2.71. The van der Waals surface area contributed by atoms with Gasteiger partial charge in [-0.25, -0.2) is 8.42 Å². The minimum atomic E-state index is -3.37. The number of sulfonamides is 1. The van der Waals surface area contributed by atoms with E-state index in [4.69, 9.17) is 4.74 Å². The summed E-state index contributed by atoms with van der Waals surface area (Å²) in [6.07, 6.45) is 3.72. The molecule has 2 aliphatic heterocycles. The fourth-order valence-corrected chi connectivity index (χ4v) is 4.33. The van der Waals surface area contributed by atoms with Crippen molar-refractivity contribution < 1.29 is 13.2 Å². The molecule has 0 atom stereocenters. The molecular weight excluding hydrogens is 288 g/mol. The maximum atomic E-state index is 12.5. The van der Waals surface area contributed by atoms with Gasteiger partial charge in [0.1, 0.15) is 0 Å². The van der Waals surface area contributed by atoms with Crippen LogP contribution in [0.4, 0.5) is 5.69 Å². The lowest BCUT2D eigenvalue weighted by Gasteiger charge is -2.29. The van der Waals surface area contributed by atoms with Crippen LogP contribution in [0.3, 0.4) is 0 Å². The van der Waals surface area contributed by atoms with Gasteiger partial charge in [0.25, 0.3) is 0 Å². The normalized spacial score (nSPS) is 21.4. The van der Waals surface area contributed by atoms with Crippen molar-refractivity contribution in [3.8, 4) is 0 Å². The van der Waals surface area contributed by atoms with Gasteiger partial charge < -0.3 is 9.64 Å². The Balaban J connectivity index is 1.76. The fourth-order valence-electron chi connectivity index (χ4n) is 2.92. The van der Waals surface area contributed by atoms with Crippen molar-refractivity contribution in [3.63, 3.8) is 0 Å². The van der Waals surface area contributed by atoms with E-state index in [1.807, 2.05) is 12.1 Å². The molecular formula is C15H22N2O3S. The number of piperidine rings is 1. The molecule has 0 aliphatic carbocycles. The molecule has 0 saturated carbocycles. The van der Waals surface area contributed by atoms with E-state index in [-0.39, 0.29) is 0 Å².